The van der Waals surface area contributed by atoms with Crippen molar-refractivity contribution in [3.05, 3.63) is 50.7 Å². The summed E-state index contributed by atoms with van der Waals surface area (Å²) in [6.07, 6.45) is -2.68. The third-order valence-electron chi connectivity index (χ3n) is 4.67. The van der Waals surface area contributed by atoms with E-state index >= 15 is 0 Å². The van der Waals surface area contributed by atoms with Crippen LogP contribution in [0.5, 0.6) is 0 Å². The second-order valence-corrected chi connectivity index (χ2v) is 7.76. The molecule has 0 bridgehead atoms. The number of aromatic nitrogens is 2. The Bertz CT molecular complexity index is 822. The minimum Gasteiger partial charge on any atom is -0.339 e. The summed E-state index contributed by atoms with van der Waals surface area (Å²) < 4.78 is 27.5. The molecule has 1 aromatic heterocycles. The predicted molar refractivity (Wildman–Crippen MR) is 103 cm³/mol. The number of carbonyl (C=O) groups excluding carboxylic acids is 1. The highest BCUT2D eigenvalue weighted by atomic mass is 79.9. The zero-order valence-electron chi connectivity index (χ0n) is 14.8. The van der Waals surface area contributed by atoms with Gasteiger partial charge in [0.1, 0.15) is 12.2 Å². The standard InChI is InChI=1S/C18H20BrClF2N4O/c1-12-16(19)17(18(21)22)23-26(12)11-15(27)25-7-5-24(6-8-25)10-13-3-2-4-14(20)9-13/h2-4,9,18H,5-8,10-11H2,1H3. The van der Waals surface area contributed by atoms with E-state index in [9.17, 15) is 13.6 Å². The molecule has 1 aliphatic heterocycles. The van der Waals surface area contributed by atoms with Crippen LogP contribution in [0.3, 0.4) is 0 Å². The van der Waals surface area contributed by atoms with Gasteiger partial charge in [-0.2, -0.15) is 5.10 Å². The number of hydrogen-bond donors (Lipinski definition) is 0. The van der Waals surface area contributed by atoms with E-state index in [1.54, 1.807) is 11.8 Å². The van der Waals surface area contributed by atoms with E-state index in [2.05, 4.69) is 25.9 Å². The van der Waals surface area contributed by atoms with Gasteiger partial charge in [0.25, 0.3) is 6.43 Å². The predicted octanol–water partition coefficient (Wildman–Crippen LogP) is 3.89. The fourth-order valence-electron chi connectivity index (χ4n) is 3.12. The van der Waals surface area contributed by atoms with Crippen LogP contribution in [-0.4, -0.2) is 51.7 Å². The summed E-state index contributed by atoms with van der Waals surface area (Å²) in [4.78, 5) is 16.6. The first-order chi connectivity index (χ1) is 12.8. The topological polar surface area (TPSA) is 41.4 Å². The largest absolute Gasteiger partial charge is 0.339 e. The summed E-state index contributed by atoms with van der Waals surface area (Å²) in [5.74, 6) is -0.115. The maximum atomic E-state index is 12.9. The monoisotopic (exact) mass is 460 g/mol. The average molecular weight is 462 g/mol. The lowest BCUT2D eigenvalue weighted by atomic mass is 10.2. The van der Waals surface area contributed by atoms with Crippen LogP contribution in [0, 0.1) is 6.92 Å². The number of amides is 1. The third kappa shape index (κ3) is 4.86. The Morgan fingerprint density at radius 2 is 2.00 bits per heavy atom. The number of piperazine rings is 1. The molecule has 27 heavy (non-hydrogen) atoms. The van der Waals surface area contributed by atoms with Crippen molar-refractivity contribution in [3.8, 4) is 0 Å². The minimum atomic E-state index is -2.68. The Morgan fingerprint density at radius 3 is 2.59 bits per heavy atom. The van der Waals surface area contributed by atoms with E-state index in [0.29, 0.717) is 23.8 Å². The summed E-state index contributed by atoms with van der Waals surface area (Å²) in [5, 5.41) is 4.59. The lowest BCUT2D eigenvalue weighted by Crippen LogP contribution is -2.49. The zero-order chi connectivity index (χ0) is 19.6. The van der Waals surface area contributed by atoms with Gasteiger partial charge >= 0.3 is 0 Å². The van der Waals surface area contributed by atoms with Gasteiger partial charge in [0.05, 0.1) is 10.2 Å². The fourth-order valence-corrected chi connectivity index (χ4v) is 3.79. The minimum absolute atomic E-state index is 0.0363. The number of hydrogen-bond acceptors (Lipinski definition) is 3. The van der Waals surface area contributed by atoms with E-state index in [0.717, 1.165) is 25.2 Å². The summed E-state index contributed by atoms with van der Waals surface area (Å²) in [5.41, 5.74) is 1.34. The number of carbonyl (C=O) groups is 1. The van der Waals surface area contributed by atoms with Gasteiger partial charge in [-0.05, 0) is 40.5 Å². The maximum absolute atomic E-state index is 12.9. The van der Waals surface area contributed by atoms with Gasteiger partial charge in [0.2, 0.25) is 5.91 Å². The van der Waals surface area contributed by atoms with Gasteiger partial charge in [-0.1, -0.05) is 23.7 Å². The molecule has 0 spiro atoms. The number of rotatable bonds is 5. The van der Waals surface area contributed by atoms with Crippen LogP contribution < -0.4 is 0 Å². The Labute approximate surface area is 170 Å². The van der Waals surface area contributed by atoms with Gasteiger partial charge in [0, 0.05) is 37.7 Å². The molecule has 5 nitrogen and oxygen atoms in total. The molecule has 0 radical (unpaired) electrons. The number of halogens is 4. The molecule has 0 N–H and O–H groups in total. The molecule has 2 heterocycles. The van der Waals surface area contributed by atoms with Crippen molar-refractivity contribution in [2.45, 2.75) is 26.4 Å². The average Bonchev–Trinajstić information content (AvgIpc) is 2.91. The molecule has 1 saturated heterocycles. The van der Waals surface area contributed by atoms with Gasteiger partial charge in [0.15, 0.2) is 0 Å². The van der Waals surface area contributed by atoms with E-state index in [-0.39, 0.29) is 22.6 Å². The highest BCUT2D eigenvalue weighted by molar-refractivity contribution is 9.10. The smallest absolute Gasteiger partial charge is 0.283 e. The van der Waals surface area contributed by atoms with Crippen LogP contribution in [0.2, 0.25) is 5.02 Å². The van der Waals surface area contributed by atoms with Crippen molar-refractivity contribution in [2.24, 2.45) is 0 Å². The molecule has 3 rings (SSSR count). The summed E-state index contributed by atoms with van der Waals surface area (Å²) in [6.45, 7) is 5.12. The third-order valence-corrected chi connectivity index (χ3v) is 5.89. The van der Waals surface area contributed by atoms with Gasteiger partial charge in [-0.25, -0.2) is 8.78 Å². The molecule has 9 heteroatoms. The van der Waals surface area contributed by atoms with Crippen molar-refractivity contribution in [3.63, 3.8) is 0 Å². The SMILES string of the molecule is Cc1c(Br)c(C(F)F)nn1CC(=O)N1CCN(Cc2cccc(Cl)c2)CC1. The summed E-state index contributed by atoms with van der Waals surface area (Å²) in [6, 6.07) is 7.74. The highest BCUT2D eigenvalue weighted by Crippen LogP contribution is 2.29. The number of benzene rings is 1. The summed E-state index contributed by atoms with van der Waals surface area (Å²) >= 11 is 9.15. The Balaban J connectivity index is 1.55. The van der Waals surface area contributed by atoms with Crippen LogP contribution >= 0.6 is 27.5 Å². The number of alkyl halides is 2. The van der Waals surface area contributed by atoms with E-state index in [1.807, 2.05) is 24.3 Å². The van der Waals surface area contributed by atoms with E-state index < -0.39 is 6.43 Å². The summed E-state index contributed by atoms with van der Waals surface area (Å²) in [7, 11) is 0. The van der Waals surface area contributed by atoms with Crippen molar-refractivity contribution < 1.29 is 13.6 Å². The molecular weight excluding hydrogens is 442 g/mol. The molecular formula is C18H20BrClF2N4O. The lowest BCUT2D eigenvalue weighted by Gasteiger charge is -2.34. The highest BCUT2D eigenvalue weighted by Gasteiger charge is 2.25. The number of nitrogens with zero attached hydrogens (tertiary/aromatic N) is 4. The lowest BCUT2D eigenvalue weighted by molar-refractivity contribution is -0.133. The van der Waals surface area contributed by atoms with Crippen molar-refractivity contribution >= 4 is 33.4 Å². The molecule has 2 aromatic rings. The molecule has 1 aromatic carbocycles. The van der Waals surface area contributed by atoms with Gasteiger partial charge in [-0.15, -0.1) is 0 Å². The molecule has 1 fully saturated rings. The van der Waals surface area contributed by atoms with Crippen LogP contribution in [0.1, 0.15) is 23.4 Å². The first-order valence-electron chi connectivity index (χ1n) is 8.60. The molecule has 0 aliphatic carbocycles. The van der Waals surface area contributed by atoms with E-state index in [4.69, 9.17) is 11.6 Å². The van der Waals surface area contributed by atoms with Gasteiger partial charge < -0.3 is 4.90 Å². The second kappa shape index (κ2) is 8.67. The molecule has 0 saturated carbocycles. The van der Waals surface area contributed by atoms with Crippen molar-refractivity contribution in [2.75, 3.05) is 26.2 Å². The first kappa shape index (κ1) is 20.2. The van der Waals surface area contributed by atoms with Crippen LogP contribution in [-0.2, 0) is 17.9 Å². The maximum Gasteiger partial charge on any atom is 0.283 e. The normalized spacial score (nSPS) is 15.6. The molecule has 1 amide bonds. The van der Waals surface area contributed by atoms with Crippen molar-refractivity contribution in [1.82, 2.24) is 19.6 Å². The fraction of sp³-hybridized carbons (Fsp3) is 0.444. The Kier molecular flexibility index (Phi) is 6.49. The van der Waals surface area contributed by atoms with Crippen LogP contribution in [0.15, 0.2) is 28.7 Å². The van der Waals surface area contributed by atoms with Crippen LogP contribution in [0.25, 0.3) is 0 Å². The molecule has 1 aliphatic rings. The molecule has 0 atom stereocenters. The first-order valence-corrected chi connectivity index (χ1v) is 9.77. The van der Waals surface area contributed by atoms with Crippen molar-refractivity contribution in [1.29, 1.82) is 0 Å². The van der Waals surface area contributed by atoms with Crippen LogP contribution in [0.4, 0.5) is 8.78 Å². The van der Waals surface area contributed by atoms with Gasteiger partial charge in [-0.3, -0.25) is 14.4 Å². The Hall–Kier alpha value is -1.51. The Morgan fingerprint density at radius 1 is 1.30 bits per heavy atom. The molecule has 146 valence electrons. The quantitative estimate of drug-likeness (QED) is 0.678. The zero-order valence-corrected chi connectivity index (χ0v) is 17.2. The molecule has 0 unspecified atom stereocenters. The van der Waals surface area contributed by atoms with E-state index in [1.165, 1.54) is 4.68 Å². The second-order valence-electron chi connectivity index (χ2n) is 6.53.